The highest BCUT2D eigenvalue weighted by Crippen LogP contribution is 2.06. The maximum absolute atomic E-state index is 10.7. The summed E-state index contributed by atoms with van der Waals surface area (Å²) in [5, 5.41) is 0. The molecule has 2 amide bonds. The second-order valence-corrected chi connectivity index (χ2v) is 2.27. The first-order valence-corrected chi connectivity index (χ1v) is 3.31. The maximum Gasteiger partial charge on any atom is 0.249 e. The molecule has 5 heteroatoms. The molecule has 0 heterocycles. The summed E-state index contributed by atoms with van der Waals surface area (Å²) in [6.07, 6.45) is 0. The summed E-state index contributed by atoms with van der Waals surface area (Å²) in [6, 6.07) is 6.16. The Morgan fingerprint density at radius 1 is 0.923 bits per heavy atom. The molecule has 1 rings (SSSR count). The highest BCUT2D eigenvalue weighted by molar-refractivity contribution is 8.93. The van der Waals surface area contributed by atoms with Gasteiger partial charge in [0.15, 0.2) is 0 Å². The first kappa shape index (κ1) is 11.6. The first-order chi connectivity index (χ1) is 5.63. The molecular formula is C8H9BrN2O2. The molecule has 0 aliphatic carbocycles. The molecule has 0 aromatic heterocycles. The van der Waals surface area contributed by atoms with Gasteiger partial charge in [-0.05, 0) is 12.1 Å². The molecule has 0 bridgehead atoms. The van der Waals surface area contributed by atoms with Gasteiger partial charge in [-0.25, -0.2) is 0 Å². The van der Waals surface area contributed by atoms with E-state index in [4.69, 9.17) is 11.5 Å². The van der Waals surface area contributed by atoms with Crippen LogP contribution >= 0.6 is 17.0 Å². The van der Waals surface area contributed by atoms with Crippen LogP contribution in [0.5, 0.6) is 0 Å². The molecule has 0 fully saturated rings. The second kappa shape index (κ2) is 4.61. The van der Waals surface area contributed by atoms with Crippen molar-refractivity contribution in [3.05, 3.63) is 35.4 Å². The van der Waals surface area contributed by atoms with Crippen LogP contribution in [0.1, 0.15) is 20.7 Å². The van der Waals surface area contributed by atoms with Crippen LogP contribution in [-0.4, -0.2) is 11.8 Å². The van der Waals surface area contributed by atoms with Crippen LogP contribution in [0.25, 0.3) is 0 Å². The third-order valence-corrected chi connectivity index (χ3v) is 1.46. The van der Waals surface area contributed by atoms with Gasteiger partial charge in [0.25, 0.3) is 0 Å². The quantitative estimate of drug-likeness (QED) is 0.793. The topological polar surface area (TPSA) is 86.2 Å². The maximum atomic E-state index is 10.7. The molecular weight excluding hydrogens is 236 g/mol. The van der Waals surface area contributed by atoms with Gasteiger partial charge in [0, 0.05) is 0 Å². The standard InChI is InChI=1S/C8H8N2O2.BrH/c9-7(11)5-3-1-2-4-6(5)8(10)12;/h1-4H,(H2,9,11)(H2,10,12);1H. The second-order valence-electron chi connectivity index (χ2n) is 2.27. The van der Waals surface area contributed by atoms with Crippen LogP contribution in [0, 0.1) is 0 Å². The summed E-state index contributed by atoms with van der Waals surface area (Å²) < 4.78 is 0. The summed E-state index contributed by atoms with van der Waals surface area (Å²) in [5.41, 5.74) is 10.3. The molecule has 70 valence electrons. The van der Waals surface area contributed by atoms with Gasteiger partial charge in [0.1, 0.15) is 0 Å². The van der Waals surface area contributed by atoms with Gasteiger partial charge >= 0.3 is 0 Å². The number of benzene rings is 1. The fourth-order valence-electron chi connectivity index (χ4n) is 0.913. The summed E-state index contributed by atoms with van der Waals surface area (Å²) >= 11 is 0. The third kappa shape index (κ3) is 2.55. The lowest BCUT2D eigenvalue weighted by Gasteiger charge is -2.00. The van der Waals surface area contributed by atoms with E-state index in [0.29, 0.717) is 0 Å². The van der Waals surface area contributed by atoms with Gasteiger partial charge in [-0.1, -0.05) is 12.1 Å². The minimum Gasteiger partial charge on any atom is -0.366 e. The molecule has 1 aromatic carbocycles. The number of halogens is 1. The van der Waals surface area contributed by atoms with Gasteiger partial charge in [-0.15, -0.1) is 17.0 Å². The van der Waals surface area contributed by atoms with E-state index in [2.05, 4.69) is 0 Å². The van der Waals surface area contributed by atoms with Crippen LogP contribution in [-0.2, 0) is 0 Å². The summed E-state index contributed by atoms with van der Waals surface area (Å²) in [7, 11) is 0. The molecule has 0 spiro atoms. The Hall–Kier alpha value is -1.36. The molecule has 0 saturated carbocycles. The van der Waals surface area contributed by atoms with Crippen molar-refractivity contribution in [1.29, 1.82) is 0 Å². The van der Waals surface area contributed by atoms with Crippen LogP contribution in [0.15, 0.2) is 24.3 Å². The average Bonchev–Trinajstić information content (AvgIpc) is 2.04. The van der Waals surface area contributed by atoms with E-state index in [1.54, 1.807) is 12.1 Å². The normalized spacial score (nSPS) is 8.62. The number of carbonyl (C=O) groups is 2. The Morgan fingerprint density at radius 2 is 1.23 bits per heavy atom. The zero-order chi connectivity index (χ0) is 9.14. The van der Waals surface area contributed by atoms with Gasteiger partial charge in [-0.3, -0.25) is 9.59 Å². The van der Waals surface area contributed by atoms with Gasteiger partial charge in [-0.2, -0.15) is 0 Å². The number of hydrogen-bond acceptors (Lipinski definition) is 2. The number of carbonyl (C=O) groups excluding carboxylic acids is 2. The Bertz CT molecular complexity index is 306. The van der Waals surface area contributed by atoms with E-state index < -0.39 is 11.8 Å². The highest BCUT2D eigenvalue weighted by atomic mass is 79.9. The van der Waals surface area contributed by atoms with Crippen molar-refractivity contribution in [2.45, 2.75) is 0 Å². The van der Waals surface area contributed by atoms with Crippen molar-refractivity contribution in [3.63, 3.8) is 0 Å². The van der Waals surface area contributed by atoms with E-state index in [-0.39, 0.29) is 28.1 Å². The van der Waals surface area contributed by atoms with E-state index in [1.165, 1.54) is 12.1 Å². The van der Waals surface area contributed by atoms with Crippen molar-refractivity contribution in [1.82, 2.24) is 0 Å². The van der Waals surface area contributed by atoms with Crippen LogP contribution in [0.2, 0.25) is 0 Å². The summed E-state index contributed by atoms with van der Waals surface area (Å²) in [5.74, 6) is -1.30. The van der Waals surface area contributed by atoms with Gasteiger partial charge < -0.3 is 11.5 Å². The number of primary amides is 2. The predicted molar refractivity (Wildman–Crippen MR) is 53.8 cm³/mol. The van der Waals surface area contributed by atoms with E-state index in [9.17, 15) is 9.59 Å². The summed E-state index contributed by atoms with van der Waals surface area (Å²) in [6.45, 7) is 0. The Kier molecular flexibility index (Phi) is 4.13. The van der Waals surface area contributed by atoms with Crippen molar-refractivity contribution in [2.24, 2.45) is 11.5 Å². The zero-order valence-corrected chi connectivity index (χ0v) is 8.40. The third-order valence-electron chi connectivity index (χ3n) is 1.46. The Labute approximate surface area is 85.7 Å². The molecule has 1 aromatic rings. The molecule has 0 aliphatic heterocycles. The smallest absolute Gasteiger partial charge is 0.249 e. The molecule has 0 saturated heterocycles. The van der Waals surface area contributed by atoms with Gasteiger partial charge in [0.05, 0.1) is 11.1 Å². The fraction of sp³-hybridized carbons (Fsp3) is 0. The number of hydrogen-bond donors (Lipinski definition) is 2. The van der Waals surface area contributed by atoms with Crippen molar-refractivity contribution >= 4 is 28.8 Å². The molecule has 0 radical (unpaired) electrons. The lowest BCUT2D eigenvalue weighted by Crippen LogP contribution is -2.20. The number of nitrogens with two attached hydrogens (primary N) is 2. The lowest BCUT2D eigenvalue weighted by atomic mass is 10.1. The zero-order valence-electron chi connectivity index (χ0n) is 6.69. The monoisotopic (exact) mass is 244 g/mol. The minimum absolute atomic E-state index is 0. The van der Waals surface area contributed by atoms with Crippen LogP contribution < -0.4 is 11.5 Å². The molecule has 0 aliphatic rings. The Morgan fingerprint density at radius 3 is 1.46 bits per heavy atom. The molecule has 4 N–H and O–H groups in total. The van der Waals surface area contributed by atoms with Crippen LogP contribution in [0.4, 0.5) is 0 Å². The fourth-order valence-corrected chi connectivity index (χ4v) is 0.913. The van der Waals surface area contributed by atoms with Crippen molar-refractivity contribution < 1.29 is 9.59 Å². The molecule has 13 heavy (non-hydrogen) atoms. The number of rotatable bonds is 2. The summed E-state index contributed by atoms with van der Waals surface area (Å²) in [4.78, 5) is 21.5. The van der Waals surface area contributed by atoms with Crippen molar-refractivity contribution in [2.75, 3.05) is 0 Å². The number of amides is 2. The predicted octanol–water partition coefficient (Wildman–Crippen LogP) is 0.462. The van der Waals surface area contributed by atoms with Gasteiger partial charge in [0.2, 0.25) is 11.8 Å². The minimum atomic E-state index is -0.649. The lowest BCUT2D eigenvalue weighted by molar-refractivity contribution is 0.0967. The molecule has 0 atom stereocenters. The van der Waals surface area contributed by atoms with Crippen molar-refractivity contribution in [3.8, 4) is 0 Å². The largest absolute Gasteiger partial charge is 0.366 e. The van der Waals surface area contributed by atoms with E-state index in [0.717, 1.165) is 0 Å². The SMILES string of the molecule is Br.NC(=O)c1ccccc1C(N)=O. The van der Waals surface area contributed by atoms with E-state index in [1.807, 2.05) is 0 Å². The molecule has 0 unspecified atom stereocenters. The van der Waals surface area contributed by atoms with E-state index >= 15 is 0 Å². The molecule has 4 nitrogen and oxygen atoms in total. The average molecular weight is 245 g/mol. The Balaban J connectivity index is 0.00000144. The highest BCUT2D eigenvalue weighted by Gasteiger charge is 2.10. The first-order valence-electron chi connectivity index (χ1n) is 3.31. The van der Waals surface area contributed by atoms with Crippen LogP contribution in [0.3, 0.4) is 0 Å².